The summed E-state index contributed by atoms with van der Waals surface area (Å²) >= 11 is 3.33. The summed E-state index contributed by atoms with van der Waals surface area (Å²) in [7, 11) is -3.06. The number of rotatable bonds is 9. The van der Waals surface area contributed by atoms with Gasteiger partial charge in [0.25, 0.3) is 10.0 Å². The zero-order valence-electron chi connectivity index (χ0n) is 20.4. The fourth-order valence-corrected chi connectivity index (χ4v) is 5.36. The Morgan fingerprint density at radius 2 is 1.61 bits per heavy atom. The summed E-state index contributed by atoms with van der Waals surface area (Å²) in [6.45, 7) is 0.606. The third-order valence-corrected chi connectivity index (χ3v) is 8.07. The molecule has 0 aliphatic rings. The van der Waals surface area contributed by atoms with E-state index in [1.165, 1.54) is 49.2 Å². The molecular weight excluding hydrogens is 587 g/mol. The average Bonchev–Trinajstić information content (AvgIpc) is 2.90. The Balaban J connectivity index is 2.07. The predicted molar refractivity (Wildman–Crippen MR) is 141 cm³/mol. The topological polar surface area (TPSA) is 86.8 Å². The first-order valence-corrected chi connectivity index (χ1v) is 13.6. The van der Waals surface area contributed by atoms with E-state index in [0.717, 1.165) is 16.6 Å². The van der Waals surface area contributed by atoms with Crippen molar-refractivity contribution in [1.82, 2.24) is 10.2 Å². The number of hydrogen-bond donors (Lipinski definition) is 1. The van der Waals surface area contributed by atoms with Crippen molar-refractivity contribution in [3.63, 3.8) is 0 Å². The van der Waals surface area contributed by atoms with Gasteiger partial charge in [0.15, 0.2) is 0 Å². The molecule has 38 heavy (non-hydrogen) atoms. The van der Waals surface area contributed by atoms with Gasteiger partial charge in [0, 0.05) is 18.1 Å². The highest BCUT2D eigenvalue weighted by molar-refractivity contribution is 9.10. The molecule has 12 heteroatoms. The minimum Gasteiger partial charge on any atom is -0.357 e. The molecule has 2 amide bonds. The quantitative estimate of drug-likeness (QED) is 0.376. The summed E-state index contributed by atoms with van der Waals surface area (Å²) in [4.78, 5) is 27.1. The second-order valence-electron chi connectivity index (χ2n) is 8.31. The number of sulfonamides is 1. The van der Waals surface area contributed by atoms with Crippen LogP contribution < -0.4 is 9.62 Å². The maximum absolute atomic E-state index is 13.6. The number of nitrogens with zero attached hydrogens (tertiary/aromatic N) is 2. The normalized spacial score (nSPS) is 12.5. The summed E-state index contributed by atoms with van der Waals surface area (Å²) in [6, 6.07) is 16.8. The van der Waals surface area contributed by atoms with Crippen molar-refractivity contribution >= 4 is 43.5 Å². The van der Waals surface area contributed by atoms with Crippen LogP contribution in [-0.4, -0.2) is 44.8 Å². The first-order chi connectivity index (χ1) is 17.8. The van der Waals surface area contributed by atoms with Crippen LogP contribution in [0, 0.1) is 0 Å². The van der Waals surface area contributed by atoms with Gasteiger partial charge in [0.05, 0.1) is 16.1 Å². The van der Waals surface area contributed by atoms with Crippen molar-refractivity contribution in [3.8, 4) is 0 Å². The van der Waals surface area contributed by atoms with Crippen LogP contribution in [0.4, 0.5) is 18.9 Å². The SMILES string of the molecule is CNC(=O)[C@H](C)N(Cc1ccc(Br)cc1)C(=O)CN(c1cccc(C(F)(F)F)c1)S(=O)(=O)c1ccccc1. The first-order valence-electron chi connectivity index (χ1n) is 11.3. The Hall–Kier alpha value is -3.38. The van der Waals surface area contributed by atoms with E-state index in [0.29, 0.717) is 15.9 Å². The molecule has 0 saturated carbocycles. The number of anilines is 1. The van der Waals surface area contributed by atoms with Gasteiger partial charge in [-0.05, 0) is 55.0 Å². The summed E-state index contributed by atoms with van der Waals surface area (Å²) in [5.41, 5.74) is -0.747. The zero-order valence-corrected chi connectivity index (χ0v) is 22.8. The number of benzene rings is 3. The van der Waals surface area contributed by atoms with E-state index in [1.807, 2.05) is 0 Å². The Kier molecular flexibility index (Phi) is 9.21. The number of nitrogens with one attached hydrogen (secondary N) is 1. The average molecular weight is 612 g/mol. The van der Waals surface area contributed by atoms with Crippen LogP contribution >= 0.6 is 15.9 Å². The molecule has 0 saturated heterocycles. The highest BCUT2D eigenvalue weighted by Gasteiger charge is 2.35. The molecule has 0 unspecified atom stereocenters. The molecule has 7 nitrogen and oxygen atoms in total. The van der Waals surface area contributed by atoms with Crippen molar-refractivity contribution < 1.29 is 31.2 Å². The van der Waals surface area contributed by atoms with E-state index < -0.39 is 46.2 Å². The van der Waals surface area contributed by atoms with Crippen molar-refractivity contribution in [1.29, 1.82) is 0 Å². The number of carbonyl (C=O) groups excluding carboxylic acids is 2. The van der Waals surface area contributed by atoms with E-state index in [2.05, 4.69) is 21.2 Å². The Morgan fingerprint density at radius 3 is 2.18 bits per heavy atom. The van der Waals surface area contributed by atoms with Crippen LogP contribution in [0.3, 0.4) is 0 Å². The fraction of sp³-hybridized carbons (Fsp3) is 0.231. The third-order valence-electron chi connectivity index (χ3n) is 5.75. The van der Waals surface area contributed by atoms with Gasteiger partial charge in [0.2, 0.25) is 11.8 Å². The van der Waals surface area contributed by atoms with Gasteiger partial charge in [-0.25, -0.2) is 8.42 Å². The minimum absolute atomic E-state index is 0.0392. The molecule has 0 radical (unpaired) electrons. The van der Waals surface area contributed by atoms with Crippen molar-refractivity contribution in [2.75, 3.05) is 17.9 Å². The molecule has 0 spiro atoms. The lowest BCUT2D eigenvalue weighted by atomic mass is 10.1. The van der Waals surface area contributed by atoms with Crippen LogP contribution in [-0.2, 0) is 32.3 Å². The Labute approximate surface area is 227 Å². The molecule has 202 valence electrons. The van der Waals surface area contributed by atoms with E-state index in [9.17, 15) is 31.2 Å². The smallest absolute Gasteiger partial charge is 0.357 e. The molecule has 3 aromatic carbocycles. The summed E-state index contributed by atoms with van der Waals surface area (Å²) < 4.78 is 69.0. The molecule has 0 aliphatic heterocycles. The lowest BCUT2D eigenvalue weighted by molar-refractivity contribution is -0.139. The molecule has 0 fully saturated rings. The number of amides is 2. The first kappa shape index (κ1) is 29.2. The number of likely N-dealkylation sites (N-methyl/N-ethyl adjacent to an activating group) is 1. The molecule has 1 N–H and O–H groups in total. The van der Waals surface area contributed by atoms with Crippen molar-refractivity contribution in [3.05, 3.63) is 94.5 Å². The van der Waals surface area contributed by atoms with Crippen LogP contribution in [0.2, 0.25) is 0 Å². The van der Waals surface area contributed by atoms with Gasteiger partial charge in [0.1, 0.15) is 12.6 Å². The lowest BCUT2D eigenvalue weighted by Crippen LogP contribution is -2.50. The zero-order chi connectivity index (χ0) is 28.1. The Bertz CT molecular complexity index is 1380. The molecule has 0 aromatic heterocycles. The van der Waals surface area contributed by atoms with E-state index in [4.69, 9.17) is 0 Å². The summed E-state index contributed by atoms with van der Waals surface area (Å²) in [6.07, 6.45) is -4.73. The van der Waals surface area contributed by atoms with Crippen LogP contribution in [0.1, 0.15) is 18.1 Å². The van der Waals surface area contributed by atoms with Crippen molar-refractivity contribution in [2.24, 2.45) is 0 Å². The highest BCUT2D eigenvalue weighted by Crippen LogP contribution is 2.33. The van der Waals surface area contributed by atoms with Gasteiger partial charge in [-0.1, -0.05) is 52.3 Å². The van der Waals surface area contributed by atoms with Gasteiger partial charge in [-0.3, -0.25) is 13.9 Å². The Morgan fingerprint density at radius 1 is 0.974 bits per heavy atom. The monoisotopic (exact) mass is 611 g/mol. The second kappa shape index (κ2) is 12.0. The van der Waals surface area contributed by atoms with Gasteiger partial charge in [-0.2, -0.15) is 13.2 Å². The number of carbonyl (C=O) groups is 2. The molecule has 0 aliphatic carbocycles. The molecule has 0 heterocycles. The largest absolute Gasteiger partial charge is 0.416 e. The standard InChI is InChI=1S/C26H25BrF3N3O4S/c1-18(25(35)31-2)32(16-19-11-13-21(27)14-12-19)24(34)17-33(38(36,37)23-9-4-3-5-10-23)22-8-6-7-20(15-22)26(28,29)30/h3-15,18H,16-17H2,1-2H3,(H,31,35)/t18-/m0/s1. The molecule has 3 rings (SSSR count). The molecule has 3 aromatic rings. The summed E-state index contributed by atoms with van der Waals surface area (Å²) in [5.74, 6) is -1.27. The molecular formula is C26H25BrF3N3O4S. The highest BCUT2D eigenvalue weighted by atomic mass is 79.9. The second-order valence-corrected chi connectivity index (χ2v) is 11.1. The maximum Gasteiger partial charge on any atom is 0.416 e. The van der Waals surface area contributed by atoms with Gasteiger partial charge in [-0.15, -0.1) is 0 Å². The maximum atomic E-state index is 13.6. The summed E-state index contributed by atoms with van der Waals surface area (Å²) in [5, 5.41) is 2.46. The van der Waals surface area contributed by atoms with Crippen molar-refractivity contribution in [2.45, 2.75) is 30.6 Å². The number of alkyl halides is 3. The lowest BCUT2D eigenvalue weighted by Gasteiger charge is -2.32. The third kappa shape index (κ3) is 6.93. The van der Waals surface area contributed by atoms with Crippen LogP contribution in [0.15, 0.2) is 88.2 Å². The van der Waals surface area contributed by atoms with Gasteiger partial charge >= 0.3 is 6.18 Å². The van der Waals surface area contributed by atoms with E-state index >= 15 is 0 Å². The molecule has 1 atom stereocenters. The number of halogens is 4. The predicted octanol–water partition coefficient (Wildman–Crippen LogP) is 4.83. The van der Waals surface area contributed by atoms with E-state index in [-0.39, 0.29) is 17.1 Å². The minimum atomic E-state index is -4.73. The number of hydrogen-bond acceptors (Lipinski definition) is 4. The van der Waals surface area contributed by atoms with Crippen LogP contribution in [0.25, 0.3) is 0 Å². The fourth-order valence-electron chi connectivity index (χ4n) is 3.66. The van der Waals surface area contributed by atoms with Crippen LogP contribution in [0.5, 0.6) is 0 Å². The molecule has 0 bridgehead atoms. The van der Waals surface area contributed by atoms with E-state index in [1.54, 1.807) is 30.3 Å². The van der Waals surface area contributed by atoms with Gasteiger partial charge < -0.3 is 10.2 Å².